The number of Topliss-reactive ketones (excluding diaryl/α,β-unsaturated/α-hetero) is 2. The van der Waals surface area contributed by atoms with Crippen LogP contribution >= 0.6 is 0 Å². The van der Waals surface area contributed by atoms with Gasteiger partial charge in [0, 0.05) is 40.0 Å². The molecule has 0 fully saturated rings. The summed E-state index contributed by atoms with van der Waals surface area (Å²) < 4.78 is 0. The lowest BCUT2D eigenvalue weighted by molar-refractivity contribution is -0.115. The van der Waals surface area contributed by atoms with Gasteiger partial charge in [0.25, 0.3) is 0 Å². The minimum atomic E-state index is -1.77. The number of aromatic nitrogens is 1. The summed E-state index contributed by atoms with van der Waals surface area (Å²) in [5.41, 5.74) is -0.301. The van der Waals surface area contributed by atoms with Gasteiger partial charge in [-0.15, -0.1) is 0 Å². The van der Waals surface area contributed by atoms with E-state index >= 15 is 0 Å². The van der Waals surface area contributed by atoms with E-state index in [2.05, 4.69) is 4.98 Å². The van der Waals surface area contributed by atoms with E-state index < -0.39 is 11.1 Å². The number of carbonyl (C=O) groups is 2. The molecule has 0 spiro atoms. The number of carbonyl (C=O) groups excluding carboxylic acids is 2. The molecule has 144 valence electrons. The maximum Gasteiger partial charge on any atom is 0.192 e. The number of ketones is 2. The predicted octanol–water partition coefficient (Wildman–Crippen LogP) is 3.68. The van der Waals surface area contributed by atoms with E-state index in [0.29, 0.717) is 33.8 Å². The molecule has 3 aromatic rings. The van der Waals surface area contributed by atoms with Crippen LogP contribution in [0.25, 0.3) is 0 Å². The molecule has 5 nitrogen and oxygen atoms in total. The van der Waals surface area contributed by atoms with Crippen molar-refractivity contribution >= 4 is 17.3 Å². The van der Waals surface area contributed by atoms with Crippen LogP contribution in [0.4, 0.5) is 5.69 Å². The Kier molecular flexibility index (Phi) is 3.52. The van der Waals surface area contributed by atoms with Crippen LogP contribution in [-0.2, 0) is 15.9 Å². The van der Waals surface area contributed by atoms with E-state index in [1.807, 2.05) is 30.3 Å². The standard InChI is InChI=1S/C24H20N2O3/c1-15-21(16(2)27)23(20-13-8-14-25-20)22(28)18-11-6-7-12-19(18)24(23,29)26(15)17-9-4-3-5-10-17/h3-14,25,29H,1-2H3. The maximum absolute atomic E-state index is 13.9. The molecule has 1 aromatic heterocycles. The molecule has 2 aromatic carbocycles. The number of hydrogen-bond donors (Lipinski definition) is 2. The van der Waals surface area contributed by atoms with Crippen molar-refractivity contribution in [3.05, 3.63) is 101 Å². The Hall–Kier alpha value is -3.44. The number of nitrogens with one attached hydrogen (secondary N) is 1. The summed E-state index contributed by atoms with van der Waals surface area (Å²) in [4.78, 5) is 31.7. The molecule has 2 atom stereocenters. The number of nitrogens with zero attached hydrogens (tertiary/aromatic N) is 1. The minimum Gasteiger partial charge on any atom is -0.365 e. The molecule has 0 amide bonds. The van der Waals surface area contributed by atoms with Crippen LogP contribution in [-0.4, -0.2) is 21.7 Å². The first-order chi connectivity index (χ1) is 14.0. The molecule has 0 bridgehead atoms. The van der Waals surface area contributed by atoms with E-state index in [0.717, 1.165) is 0 Å². The van der Waals surface area contributed by atoms with Crippen molar-refractivity contribution in [1.82, 2.24) is 4.98 Å². The second-order valence-corrected chi connectivity index (χ2v) is 7.57. The Bertz CT molecular complexity index is 1180. The SMILES string of the molecule is CC(=O)C1=C(C)N(c2ccccc2)C2(O)c3ccccc3C(=O)C12c1ccc[nH]1. The molecule has 2 heterocycles. The van der Waals surface area contributed by atoms with E-state index in [4.69, 9.17) is 0 Å². The predicted molar refractivity (Wildman–Crippen MR) is 109 cm³/mol. The zero-order valence-corrected chi connectivity index (χ0v) is 16.1. The molecular weight excluding hydrogens is 364 g/mol. The van der Waals surface area contributed by atoms with Crippen LogP contribution in [0, 0.1) is 0 Å². The molecule has 2 unspecified atom stereocenters. The summed E-state index contributed by atoms with van der Waals surface area (Å²) in [5.74, 6) is -0.517. The molecule has 2 N–H and O–H groups in total. The number of allylic oxidation sites excluding steroid dienone is 1. The van der Waals surface area contributed by atoms with Crippen molar-refractivity contribution in [2.45, 2.75) is 25.0 Å². The Morgan fingerprint density at radius 1 is 1.00 bits per heavy atom. The van der Waals surface area contributed by atoms with Gasteiger partial charge in [0.2, 0.25) is 0 Å². The number of rotatable bonds is 3. The van der Waals surface area contributed by atoms with Crippen LogP contribution in [0.2, 0.25) is 0 Å². The van der Waals surface area contributed by atoms with Gasteiger partial charge in [-0.2, -0.15) is 0 Å². The van der Waals surface area contributed by atoms with E-state index in [9.17, 15) is 14.7 Å². The number of fused-ring (bicyclic) bond motifs is 3. The van der Waals surface area contributed by atoms with Crippen LogP contribution in [0.3, 0.4) is 0 Å². The molecule has 0 saturated heterocycles. The quantitative estimate of drug-likeness (QED) is 0.723. The third-order valence-electron chi connectivity index (χ3n) is 6.17. The van der Waals surface area contributed by atoms with Gasteiger partial charge in [-0.3, -0.25) is 9.59 Å². The molecule has 29 heavy (non-hydrogen) atoms. The fourth-order valence-electron chi connectivity index (χ4n) is 5.23. The molecule has 5 heteroatoms. The maximum atomic E-state index is 13.9. The number of aliphatic hydroxyl groups is 1. The number of aromatic amines is 1. The van der Waals surface area contributed by atoms with Crippen LogP contribution in [0.15, 0.2) is 84.2 Å². The van der Waals surface area contributed by atoms with Crippen molar-refractivity contribution in [3.63, 3.8) is 0 Å². The first-order valence-electron chi connectivity index (χ1n) is 9.53. The first-order valence-corrected chi connectivity index (χ1v) is 9.53. The largest absolute Gasteiger partial charge is 0.365 e. The van der Waals surface area contributed by atoms with Crippen molar-refractivity contribution in [1.29, 1.82) is 0 Å². The Morgan fingerprint density at radius 2 is 1.69 bits per heavy atom. The molecule has 0 radical (unpaired) electrons. The molecule has 2 aliphatic rings. The number of H-pyrrole nitrogens is 1. The van der Waals surface area contributed by atoms with E-state index in [1.165, 1.54) is 6.92 Å². The third kappa shape index (κ3) is 1.88. The van der Waals surface area contributed by atoms with Gasteiger partial charge < -0.3 is 15.0 Å². The van der Waals surface area contributed by atoms with Gasteiger partial charge in [0.1, 0.15) is 0 Å². The Labute approximate surface area is 168 Å². The Balaban J connectivity index is 1.96. The summed E-state index contributed by atoms with van der Waals surface area (Å²) in [6.45, 7) is 3.25. The lowest BCUT2D eigenvalue weighted by atomic mass is 9.69. The summed E-state index contributed by atoms with van der Waals surface area (Å²) in [6.07, 6.45) is 1.71. The minimum absolute atomic E-state index is 0.241. The van der Waals surface area contributed by atoms with Crippen LogP contribution in [0.5, 0.6) is 0 Å². The lowest BCUT2D eigenvalue weighted by Gasteiger charge is -2.42. The summed E-state index contributed by atoms with van der Waals surface area (Å²) in [6, 6.07) is 20.0. The number of hydrogen-bond acceptors (Lipinski definition) is 4. The molecule has 1 aliphatic carbocycles. The molecule has 1 aliphatic heterocycles. The van der Waals surface area contributed by atoms with Gasteiger partial charge in [-0.25, -0.2) is 0 Å². The zero-order valence-electron chi connectivity index (χ0n) is 16.1. The van der Waals surface area contributed by atoms with Crippen molar-refractivity contribution in [3.8, 4) is 0 Å². The fourth-order valence-corrected chi connectivity index (χ4v) is 5.23. The molecule has 0 saturated carbocycles. The van der Waals surface area contributed by atoms with Gasteiger partial charge >= 0.3 is 0 Å². The summed E-state index contributed by atoms with van der Waals surface area (Å²) in [5, 5.41) is 12.5. The van der Waals surface area contributed by atoms with Gasteiger partial charge in [-0.1, -0.05) is 42.5 Å². The van der Waals surface area contributed by atoms with Gasteiger partial charge in [0.05, 0.1) is 0 Å². The molecular formula is C24H20N2O3. The number of para-hydroxylation sites is 1. The highest BCUT2D eigenvalue weighted by Crippen LogP contribution is 2.63. The molecule has 5 rings (SSSR count). The summed E-state index contributed by atoms with van der Waals surface area (Å²) in [7, 11) is 0. The summed E-state index contributed by atoms with van der Waals surface area (Å²) >= 11 is 0. The smallest absolute Gasteiger partial charge is 0.192 e. The highest BCUT2D eigenvalue weighted by molar-refractivity contribution is 6.20. The topological polar surface area (TPSA) is 73.4 Å². The first kappa shape index (κ1) is 17.6. The van der Waals surface area contributed by atoms with Crippen LogP contribution in [0.1, 0.15) is 35.5 Å². The highest BCUT2D eigenvalue weighted by atomic mass is 16.3. The average Bonchev–Trinajstić information content (AvgIpc) is 3.36. The zero-order chi connectivity index (χ0) is 20.4. The van der Waals surface area contributed by atoms with Crippen LogP contribution < -0.4 is 4.90 Å². The van der Waals surface area contributed by atoms with Gasteiger partial charge in [0.15, 0.2) is 22.7 Å². The Morgan fingerprint density at radius 3 is 2.34 bits per heavy atom. The lowest BCUT2D eigenvalue weighted by Crippen LogP contribution is -2.56. The third-order valence-corrected chi connectivity index (χ3v) is 6.17. The number of anilines is 1. The van der Waals surface area contributed by atoms with Crippen molar-refractivity contribution in [2.75, 3.05) is 4.90 Å². The highest BCUT2D eigenvalue weighted by Gasteiger charge is 2.73. The van der Waals surface area contributed by atoms with Crippen molar-refractivity contribution < 1.29 is 14.7 Å². The normalized spacial score (nSPS) is 25.3. The number of benzene rings is 2. The monoisotopic (exact) mass is 384 g/mol. The second kappa shape index (κ2) is 5.78. The fraction of sp³-hybridized carbons (Fsp3) is 0.167. The van der Waals surface area contributed by atoms with Crippen molar-refractivity contribution in [2.24, 2.45) is 0 Å². The van der Waals surface area contributed by atoms with E-state index in [-0.39, 0.29) is 11.6 Å². The second-order valence-electron chi connectivity index (χ2n) is 7.57. The van der Waals surface area contributed by atoms with Gasteiger partial charge in [-0.05, 0) is 38.1 Å². The average molecular weight is 384 g/mol. The van der Waals surface area contributed by atoms with E-state index in [1.54, 1.807) is 54.4 Å².